The van der Waals surface area contributed by atoms with E-state index >= 15 is 0 Å². The molecule has 0 spiro atoms. The van der Waals surface area contributed by atoms with Crippen molar-refractivity contribution in [2.75, 3.05) is 11.1 Å². The molecule has 6 heteroatoms. The van der Waals surface area contributed by atoms with Crippen LogP contribution in [0.5, 0.6) is 0 Å². The summed E-state index contributed by atoms with van der Waals surface area (Å²) < 4.78 is 39.2. The van der Waals surface area contributed by atoms with Gasteiger partial charge in [0.05, 0.1) is 0 Å². The van der Waals surface area contributed by atoms with Gasteiger partial charge in [-0.2, -0.15) is 0 Å². The Balaban J connectivity index is 2.35. The third-order valence-electron chi connectivity index (χ3n) is 3.04. The first-order valence-corrected chi connectivity index (χ1v) is 6.12. The molecule has 0 aliphatic heterocycles. The molecule has 0 unspecified atom stereocenters. The van der Waals surface area contributed by atoms with E-state index in [1.165, 1.54) is 0 Å². The zero-order valence-corrected chi connectivity index (χ0v) is 11.4. The molecule has 2 rings (SSSR count). The zero-order valence-electron chi connectivity index (χ0n) is 11.4. The van der Waals surface area contributed by atoms with Crippen LogP contribution in [0, 0.1) is 31.3 Å². The molecule has 1 amide bonds. The van der Waals surface area contributed by atoms with E-state index in [1.807, 2.05) is 0 Å². The third-order valence-corrected chi connectivity index (χ3v) is 3.04. The number of nitrogens with one attached hydrogen (secondary N) is 1. The Hall–Kier alpha value is -2.50. The number of rotatable bonds is 2. The van der Waals surface area contributed by atoms with E-state index in [9.17, 15) is 18.0 Å². The van der Waals surface area contributed by atoms with Crippen molar-refractivity contribution in [3.05, 3.63) is 58.4 Å². The van der Waals surface area contributed by atoms with Crippen LogP contribution in [0.25, 0.3) is 0 Å². The highest BCUT2D eigenvalue weighted by molar-refractivity contribution is 6.05. The SMILES string of the molecule is Cc1cc(N)cc(C)c1NC(=O)c1cc(F)c(F)c(F)c1. The summed E-state index contributed by atoms with van der Waals surface area (Å²) in [5, 5.41) is 2.55. The fraction of sp³-hybridized carbons (Fsp3) is 0.133. The summed E-state index contributed by atoms with van der Waals surface area (Å²) >= 11 is 0. The number of hydrogen-bond acceptors (Lipinski definition) is 2. The minimum atomic E-state index is -1.61. The fourth-order valence-electron chi connectivity index (χ4n) is 2.07. The predicted octanol–water partition coefficient (Wildman–Crippen LogP) is 3.56. The number of carbonyl (C=O) groups excluding carboxylic acids is 1. The third kappa shape index (κ3) is 2.99. The van der Waals surface area contributed by atoms with Gasteiger partial charge in [0.15, 0.2) is 17.5 Å². The van der Waals surface area contributed by atoms with Gasteiger partial charge in [0.25, 0.3) is 5.91 Å². The van der Waals surface area contributed by atoms with Gasteiger partial charge in [-0.15, -0.1) is 0 Å². The van der Waals surface area contributed by atoms with Gasteiger partial charge in [-0.1, -0.05) is 0 Å². The number of amides is 1. The number of carbonyl (C=O) groups is 1. The van der Waals surface area contributed by atoms with E-state index in [2.05, 4.69) is 5.32 Å². The van der Waals surface area contributed by atoms with Crippen molar-refractivity contribution in [1.82, 2.24) is 0 Å². The Morgan fingerprint density at radius 3 is 1.95 bits per heavy atom. The first kappa shape index (κ1) is 14.9. The van der Waals surface area contributed by atoms with Crippen LogP contribution in [-0.4, -0.2) is 5.91 Å². The lowest BCUT2D eigenvalue weighted by Gasteiger charge is -2.13. The summed E-state index contributed by atoms with van der Waals surface area (Å²) in [5.74, 6) is -5.16. The molecular weight excluding hydrogens is 281 g/mol. The van der Waals surface area contributed by atoms with E-state index in [-0.39, 0.29) is 5.56 Å². The van der Waals surface area contributed by atoms with Crippen molar-refractivity contribution in [3.8, 4) is 0 Å². The van der Waals surface area contributed by atoms with Crippen molar-refractivity contribution in [3.63, 3.8) is 0 Å². The lowest BCUT2D eigenvalue weighted by molar-refractivity contribution is 0.102. The van der Waals surface area contributed by atoms with Crippen molar-refractivity contribution >= 4 is 17.3 Å². The quantitative estimate of drug-likeness (QED) is 0.657. The van der Waals surface area contributed by atoms with Crippen LogP contribution in [0.15, 0.2) is 24.3 Å². The molecule has 21 heavy (non-hydrogen) atoms. The van der Waals surface area contributed by atoms with Crippen LogP contribution in [-0.2, 0) is 0 Å². The van der Waals surface area contributed by atoms with Crippen LogP contribution in [0.3, 0.4) is 0 Å². The molecule has 3 nitrogen and oxygen atoms in total. The first-order valence-electron chi connectivity index (χ1n) is 6.12. The maximum atomic E-state index is 13.1. The Kier molecular flexibility index (Phi) is 3.88. The second kappa shape index (κ2) is 5.47. The standard InChI is InChI=1S/C15H13F3N2O/c1-7-3-10(19)4-8(2)14(7)20-15(21)9-5-11(16)13(18)12(17)6-9/h3-6H,19H2,1-2H3,(H,20,21). The molecule has 0 aromatic heterocycles. The summed E-state index contributed by atoms with van der Waals surface area (Å²) in [4.78, 5) is 12.0. The monoisotopic (exact) mass is 294 g/mol. The van der Waals surface area contributed by atoms with E-state index in [0.29, 0.717) is 34.6 Å². The molecule has 0 aliphatic rings. The van der Waals surface area contributed by atoms with Gasteiger partial charge < -0.3 is 11.1 Å². The predicted molar refractivity (Wildman–Crippen MR) is 74.6 cm³/mol. The van der Waals surface area contributed by atoms with Crippen LogP contribution in [0.2, 0.25) is 0 Å². The van der Waals surface area contributed by atoms with E-state index in [4.69, 9.17) is 5.73 Å². The number of aryl methyl sites for hydroxylation is 2. The molecule has 110 valence electrons. The van der Waals surface area contributed by atoms with Gasteiger partial charge >= 0.3 is 0 Å². The minimum absolute atomic E-state index is 0.304. The smallest absolute Gasteiger partial charge is 0.255 e. The van der Waals surface area contributed by atoms with Crippen LogP contribution in [0.4, 0.5) is 24.5 Å². The topological polar surface area (TPSA) is 55.1 Å². The molecule has 0 heterocycles. The normalized spacial score (nSPS) is 10.5. The summed E-state index contributed by atoms with van der Waals surface area (Å²) in [7, 11) is 0. The number of benzene rings is 2. The molecule has 0 atom stereocenters. The minimum Gasteiger partial charge on any atom is -0.399 e. The Morgan fingerprint density at radius 1 is 1.00 bits per heavy atom. The van der Waals surface area contributed by atoms with Crippen LogP contribution < -0.4 is 11.1 Å². The van der Waals surface area contributed by atoms with Gasteiger partial charge in [-0.3, -0.25) is 4.79 Å². The van der Waals surface area contributed by atoms with Crippen molar-refractivity contribution < 1.29 is 18.0 Å². The highest BCUT2D eigenvalue weighted by Crippen LogP contribution is 2.24. The molecule has 2 aromatic rings. The lowest BCUT2D eigenvalue weighted by atomic mass is 10.1. The molecule has 0 saturated carbocycles. The largest absolute Gasteiger partial charge is 0.399 e. The molecule has 0 aliphatic carbocycles. The summed E-state index contributed by atoms with van der Waals surface area (Å²) in [6.07, 6.45) is 0. The van der Waals surface area contributed by atoms with E-state index < -0.39 is 23.4 Å². The molecule has 0 fully saturated rings. The summed E-state index contributed by atoms with van der Waals surface area (Å²) in [6.45, 7) is 3.48. The van der Waals surface area contributed by atoms with Gasteiger partial charge in [-0.05, 0) is 49.2 Å². The zero-order chi connectivity index (χ0) is 15.7. The second-order valence-electron chi connectivity index (χ2n) is 4.74. The fourth-order valence-corrected chi connectivity index (χ4v) is 2.07. The number of nitrogens with two attached hydrogens (primary N) is 1. The summed E-state index contributed by atoms with van der Waals surface area (Å²) in [5.41, 5.74) is 7.84. The number of nitrogen functional groups attached to an aromatic ring is 1. The molecule has 0 saturated heterocycles. The van der Waals surface area contributed by atoms with Gasteiger partial charge in [0.1, 0.15) is 0 Å². The van der Waals surface area contributed by atoms with E-state index in [0.717, 1.165) is 0 Å². The maximum Gasteiger partial charge on any atom is 0.255 e. The Morgan fingerprint density at radius 2 is 1.48 bits per heavy atom. The maximum absolute atomic E-state index is 13.1. The molecule has 0 radical (unpaired) electrons. The van der Waals surface area contributed by atoms with Crippen LogP contribution in [0.1, 0.15) is 21.5 Å². The lowest BCUT2D eigenvalue weighted by Crippen LogP contribution is -2.15. The van der Waals surface area contributed by atoms with Gasteiger partial charge in [0.2, 0.25) is 0 Å². The van der Waals surface area contributed by atoms with Crippen molar-refractivity contribution in [1.29, 1.82) is 0 Å². The average Bonchev–Trinajstić information content (AvgIpc) is 2.39. The van der Waals surface area contributed by atoms with Gasteiger partial charge in [-0.25, -0.2) is 13.2 Å². The van der Waals surface area contributed by atoms with E-state index in [1.54, 1.807) is 26.0 Å². The van der Waals surface area contributed by atoms with Crippen LogP contribution >= 0.6 is 0 Å². The Labute approximate surface area is 119 Å². The number of halogens is 3. The highest BCUT2D eigenvalue weighted by Gasteiger charge is 2.16. The summed E-state index contributed by atoms with van der Waals surface area (Å²) in [6, 6.07) is 4.62. The average molecular weight is 294 g/mol. The molecular formula is C15H13F3N2O. The Bertz CT molecular complexity index is 683. The number of anilines is 2. The second-order valence-corrected chi connectivity index (χ2v) is 4.74. The highest BCUT2D eigenvalue weighted by atomic mass is 19.2. The molecule has 0 bridgehead atoms. The molecule has 2 aromatic carbocycles. The van der Waals surface area contributed by atoms with Gasteiger partial charge in [0, 0.05) is 16.9 Å². The molecule has 3 N–H and O–H groups in total. The first-order chi connectivity index (χ1) is 9.79. The number of hydrogen-bond donors (Lipinski definition) is 2. The van der Waals surface area contributed by atoms with Crippen molar-refractivity contribution in [2.24, 2.45) is 0 Å². The van der Waals surface area contributed by atoms with Crippen molar-refractivity contribution in [2.45, 2.75) is 13.8 Å².